The van der Waals surface area contributed by atoms with Gasteiger partial charge in [0.1, 0.15) is 18.0 Å². The van der Waals surface area contributed by atoms with Crippen LogP contribution in [-0.2, 0) is 17.8 Å². The second kappa shape index (κ2) is 8.01. The normalized spacial score (nSPS) is 20.7. The summed E-state index contributed by atoms with van der Waals surface area (Å²) < 4.78 is 5.63. The van der Waals surface area contributed by atoms with E-state index < -0.39 is 0 Å². The fourth-order valence-electron chi connectivity index (χ4n) is 3.29. The summed E-state index contributed by atoms with van der Waals surface area (Å²) in [5.74, 6) is 1.76. The third kappa shape index (κ3) is 4.93. The zero-order valence-corrected chi connectivity index (χ0v) is 15.3. The highest BCUT2D eigenvalue weighted by atomic mass is 16.5. The Balaban J connectivity index is 1.33. The monoisotopic (exact) mass is 353 g/mol. The molecule has 2 aromatic rings. The molecule has 0 amide bonds. The predicted octanol–water partition coefficient (Wildman–Crippen LogP) is 2.88. The van der Waals surface area contributed by atoms with Crippen molar-refractivity contribution in [3.8, 4) is 0 Å². The van der Waals surface area contributed by atoms with Gasteiger partial charge in [0.25, 0.3) is 0 Å². The molecule has 1 aliphatic carbocycles. The third-order valence-corrected chi connectivity index (χ3v) is 4.79. The van der Waals surface area contributed by atoms with Gasteiger partial charge in [0, 0.05) is 38.3 Å². The number of benzene rings is 1. The van der Waals surface area contributed by atoms with Crippen LogP contribution in [-0.4, -0.2) is 46.7 Å². The largest absolute Gasteiger partial charge is 0.376 e. The van der Waals surface area contributed by atoms with Crippen molar-refractivity contribution < 1.29 is 4.74 Å². The summed E-state index contributed by atoms with van der Waals surface area (Å²) in [6.45, 7) is 6.70. The summed E-state index contributed by atoms with van der Waals surface area (Å²) in [5, 5.41) is 6.81. The Hall–Kier alpha value is -2.18. The molecular formula is C20H27N5O. The number of anilines is 2. The average Bonchev–Trinajstić information content (AvgIpc) is 3.45. The zero-order chi connectivity index (χ0) is 17.8. The van der Waals surface area contributed by atoms with Crippen LogP contribution in [0.25, 0.3) is 0 Å². The number of nitrogens with one attached hydrogen (secondary N) is 2. The van der Waals surface area contributed by atoms with Gasteiger partial charge in [-0.25, -0.2) is 9.97 Å². The molecule has 1 unspecified atom stereocenters. The molecule has 138 valence electrons. The quantitative estimate of drug-likeness (QED) is 0.798. The molecule has 2 aliphatic rings. The maximum atomic E-state index is 5.63. The van der Waals surface area contributed by atoms with Crippen molar-refractivity contribution in [2.24, 2.45) is 0 Å². The van der Waals surface area contributed by atoms with Crippen LogP contribution in [0.1, 0.15) is 30.9 Å². The number of hydrogen-bond donors (Lipinski definition) is 2. The van der Waals surface area contributed by atoms with Crippen molar-refractivity contribution in [1.82, 2.24) is 14.9 Å². The minimum Gasteiger partial charge on any atom is -0.376 e. The Kier molecular flexibility index (Phi) is 5.32. The minimum atomic E-state index is 0.324. The molecule has 6 nitrogen and oxygen atoms in total. The van der Waals surface area contributed by atoms with E-state index in [0.717, 1.165) is 44.4 Å². The Morgan fingerprint density at radius 1 is 1.15 bits per heavy atom. The molecule has 1 aliphatic heterocycles. The molecule has 1 aromatic carbocycles. The van der Waals surface area contributed by atoms with Gasteiger partial charge in [-0.2, -0.15) is 0 Å². The predicted molar refractivity (Wildman–Crippen MR) is 103 cm³/mol. The lowest BCUT2D eigenvalue weighted by molar-refractivity contribution is -0.0212. The Labute approximate surface area is 155 Å². The molecule has 0 spiro atoms. The van der Waals surface area contributed by atoms with Gasteiger partial charge in [0.15, 0.2) is 0 Å². The maximum absolute atomic E-state index is 5.63. The van der Waals surface area contributed by atoms with E-state index in [1.165, 1.54) is 24.0 Å². The smallest absolute Gasteiger partial charge is 0.131 e. The van der Waals surface area contributed by atoms with Crippen molar-refractivity contribution in [1.29, 1.82) is 0 Å². The van der Waals surface area contributed by atoms with E-state index in [-0.39, 0.29) is 0 Å². The van der Waals surface area contributed by atoms with Crippen LogP contribution < -0.4 is 10.6 Å². The molecule has 1 atom stereocenters. The molecule has 2 fully saturated rings. The molecule has 0 radical (unpaired) electrons. The topological polar surface area (TPSA) is 62.3 Å². The van der Waals surface area contributed by atoms with Crippen molar-refractivity contribution >= 4 is 11.6 Å². The standard InChI is InChI=1S/C20H27N5O/c1-15-12-25(7-8-26-15)13-17-4-2-3-16(9-17)11-21-19-10-20(23-14-22-19)24-18-5-6-18/h2-4,9-10,14-15,18H,5-8,11-13H2,1H3,(H2,21,22,23,24). The zero-order valence-electron chi connectivity index (χ0n) is 15.3. The molecule has 26 heavy (non-hydrogen) atoms. The fraction of sp³-hybridized carbons (Fsp3) is 0.500. The summed E-state index contributed by atoms with van der Waals surface area (Å²) in [6, 6.07) is 11.3. The van der Waals surface area contributed by atoms with Gasteiger partial charge < -0.3 is 15.4 Å². The number of morpholine rings is 1. The molecule has 1 saturated carbocycles. The highest BCUT2D eigenvalue weighted by molar-refractivity contribution is 5.48. The second-order valence-corrected chi connectivity index (χ2v) is 7.30. The summed E-state index contributed by atoms with van der Waals surface area (Å²) >= 11 is 0. The van der Waals surface area contributed by atoms with Crippen molar-refractivity contribution in [3.05, 3.63) is 47.8 Å². The van der Waals surface area contributed by atoms with Crippen molar-refractivity contribution in [3.63, 3.8) is 0 Å². The van der Waals surface area contributed by atoms with Gasteiger partial charge in [0.05, 0.1) is 12.7 Å². The molecular weight excluding hydrogens is 326 g/mol. The van der Waals surface area contributed by atoms with Crippen LogP contribution in [0.15, 0.2) is 36.7 Å². The molecule has 0 bridgehead atoms. The van der Waals surface area contributed by atoms with E-state index in [4.69, 9.17) is 4.74 Å². The van der Waals surface area contributed by atoms with Gasteiger partial charge in [-0.1, -0.05) is 24.3 Å². The first-order chi connectivity index (χ1) is 12.7. The third-order valence-electron chi connectivity index (χ3n) is 4.79. The molecule has 1 aromatic heterocycles. The molecule has 1 saturated heterocycles. The Bertz CT molecular complexity index is 734. The first-order valence-corrected chi connectivity index (χ1v) is 9.49. The Morgan fingerprint density at radius 2 is 2.00 bits per heavy atom. The van der Waals surface area contributed by atoms with Crippen LogP contribution in [0.4, 0.5) is 11.6 Å². The summed E-state index contributed by atoms with van der Waals surface area (Å²) in [6.07, 6.45) is 4.41. The van der Waals surface area contributed by atoms with Crippen LogP contribution in [0.2, 0.25) is 0 Å². The number of nitrogens with zero attached hydrogens (tertiary/aromatic N) is 3. The number of hydrogen-bond acceptors (Lipinski definition) is 6. The summed E-state index contributed by atoms with van der Waals surface area (Å²) in [4.78, 5) is 11.1. The van der Waals surface area contributed by atoms with E-state index in [0.29, 0.717) is 12.1 Å². The lowest BCUT2D eigenvalue weighted by Crippen LogP contribution is -2.40. The van der Waals surface area contributed by atoms with Crippen molar-refractivity contribution in [2.75, 3.05) is 30.3 Å². The first-order valence-electron chi connectivity index (χ1n) is 9.49. The maximum Gasteiger partial charge on any atom is 0.131 e. The first kappa shape index (κ1) is 17.2. The van der Waals surface area contributed by atoms with Gasteiger partial charge >= 0.3 is 0 Å². The summed E-state index contributed by atoms with van der Waals surface area (Å²) in [5.41, 5.74) is 2.61. The molecule has 4 rings (SSSR count). The van der Waals surface area contributed by atoms with E-state index >= 15 is 0 Å². The van der Waals surface area contributed by atoms with E-state index in [1.54, 1.807) is 6.33 Å². The minimum absolute atomic E-state index is 0.324. The lowest BCUT2D eigenvalue weighted by atomic mass is 10.1. The molecule has 2 heterocycles. The van der Waals surface area contributed by atoms with E-state index in [2.05, 4.69) is 56.7 Å². The highest BCUT2D eigenvalue weighted by Crippen LogP contribution is 2.24. The van der Waals surface area contributed by atoms with Gasteiger partial charge in [-0.05, 0) is 30.9 Å². The highest BCUT2D eigenvalue weighted by Gasteiger charge is 2.21. The number of aromatic nitrogens is 2. The van der Waals surface area contributed by atoms with Crippen molar-refractivity contribution in [2.45, 2.75) is 45.0 Å². The molecule has 6 heteroatoms. The number of ether oxygens (including phenoxy) is 1. The van der Waals surface area contributed by atoms with E-state index in [9.17, 15) is 0 Å². The average molecular weight is 353 g/mol. The summed E-state index contributed by atoms with van der Waals surface area (Å²) in [7, 11) is 0. The van der Waals surface area contributed by atoms with Gasteiger partial charge in [-0.3, -0.25) is 4.90 Å². The van der Waals surface area contributed by atoms with E-state index in [1.807, 2.05) is 6.07 Å². The van der Waals surface area contributed by atoms with Crippen LogP contribution in [0, 0.1) is 0 Å². The lowest BCUT2D eigenvalue weighted by Gasteiger charge is -2.31. The van der Waals surface area contributed by atoms with Crippen LogP contribution in [0.5, 0.6) is 0 Å². The van der Waals surface area contributed by atoms with Crippen LogP contribution >= 0.6 is 0 Å². The number of rotatable bonds is 7. The second-order valence-electron chi connectivity index (χ2n) is 7.30. The molecule has 2 N–H and O–H groups in total. The van der Waals surface area contributed by atoms with Crippen LogP contribution in [0.3, 0.4) is 0 Å². The SMILES string of the molecule is CC1CN(Cc2cccc(CNc3cc(NC4CC4)ncn3)c2)CCO1. The fourth-order valence-corrected chi connectivity index (χ4v) is 3.29. The van der Waals surface area contributed by atoms with Gasteiger partial charge in [0.2, 0.25) is 0 Å². The van der Waals surface area contributed by atoms with Gasteiger partial charge in [-0.15, -0.1) is 0 Å². The Morgan fingerprint density at radius 3 is 2.85 bits per heavy atom.